The summed E-state index contributed by atoms with van der Waals surface area (Å²) in [6.07, 6.45) is 2.78. The molecule has 0 saturated heterocycles. The van der Waals surface area contributed by atoms with Gasteiger partial charge in [0, 0.05) is 19.0 Å². The molecule has 1 aliphatic carbocycles. The van der Waals surface area contributed by atoms with Crippen LogP contribution in [0.2, 0.25) is 0 Å². The summed E-state index contributed by atoms with van der Waals surface area (Å²) >= 11 is 0. The summed E-state index contributed by atoms with van der Waals surface area (Å²) in [7, 11) is 0. The molecule has 0 heterocycles. The van der Waals surface area contributed by atoms with E-state index in [1.165, 1.54) is 12.8 Å². The van der Waals surface area contributed by atoms with Gasteiger partial charge < -0.3 is 10.0 Å². The molecule has 0 spiro atoms. The van der Waals surface area contributed by atoms with Gasteiger partial charge in [-0.3, -0.25) is 9.59 Å². The highest BCUT2D eigenvalue weighted by Gasteiger charge is 2.32. The molecule has 4 heteroatoms. The number of carbonyl (C=O) groups is 2. The van der Waals surface area contributed by atoms with Gasteiger partial charge in [0.2, 0.25) is 5.91 Å². The maximum atomic E-state index is 12.3. The molecule has 4 nitrogen and oxygen atoms in total. The lowest BCUT2D eigenvalue weighted by molar-refractivity contribution is -0.141. The number of carboxylic acids is 1. The van der Waals surface area contributed by atoms with Gasteiger partial charge >= 0.3 is 5.97 Å². The zero-order chi connectivity index (χ0) is 13.9. The van der Waals surface area contributed by atoms with Crippen molar-refractivity contribution in [3.05, 3.63) is 0 Å². The minimum atomic E-state index is -0.842. The van der Waals surface area contributed by atoms with Crippen LogP contribution in [0.15, 0.2) is 0 Å². The van der Waals surface area contributed by atoms with E-state index in [2.05, 4.69) is 0 Å². The summed E-state index contributed by atoms with van der Waals surface area (Å²) in [5.74, 6) is -0.0897. The van der Waals surface area contributed by atoms with E-state index in [0.717, 1.165) is 6.54 Å². The summed E-state index contributed by atoms with van der Waals surface area (Å²) in [6, 6.07) is 0.193. The van der Waals surface area contributed by atoms with Crippen molar-refractivity contribution < 1.29 is 14.7 Å². The van der Waals surface area contributed by atoms with Gasteiger partial charge in [-0.1, -0.05) is 13.8 Å². The molecule has 0 aromatic rings. The molecule has 0 atom stereocenters. The summed E-state index contributed by atoms with van der Waals surface area (Å²) in [6.45, 7) is 8.55. The minimum Gasteiger partial charge on any atom is -0.481 e. The third-order valence-corrected chi connectivity index (χ3v) is 3.36. The first kappa shape index (κ1) is 15.0. The molecule has 0 unspecified atom stereocenters. The van der Waals surface area contributed by atoms with E-state index in [-0.39, 0.29) is 18.4 Å². The zero-order valence-electron chi connectivity index (χ0n) is 11.9. The summed E-state index contributed by atoms with van der Waals surface area (Å²) in [5.41, 5.74) is -0.473. The fraction of sp³-hybridized carbons (Fsp3) is 0.857. The number of hydrogen-bond acceptors (Lipinski definition) is 2. The number of amides is 1. The van der Waals surface area contributed by atoms with Gasteiger partial charge in [-0.25, -0.2) is 0 Å². The van der Waals surface area contributed by atoms with Crippen molar-refractivity contribution in [3.8, 4) is 0 Å². The van der Waals surface area contributed by atoms with Gasteiger partial charge in [-0.15, -0.1) is 0 Å². The molecular formula is C14H25NO3. The van der Waals surface area contributed by atoms with Crippen LogP contribution in [0.1, 0.15) is 53.4 Å². The van der Waals surface area contributed by atoms with Gasteiger partial charge in [0.05, 0.1) is 6.42 Å². The lowest BCUT2D eigenvalue weighted by Crippen LogP contribution is -2.40. The minimum absolute atomic E-state index is 0.0358. The SMILES string of the molecule is CC(C)N(CC1CC1)C(=O)CC(C)(C)CC(=O)O. The van der Waals surface area contributed by atoms with Crippen molar-refractivity contribution in [2.75, 3.05) is 6.54 Å². The van der Waals surface area contributed by atoms with Gasteiger partial charge in [0.15, 0.2) is 0 Å². The Balaban J connectivity index is 2.56. The van der Waals surface area contributed by atoms with Gasteiger partial charge in [0.1, 0.15) is 0 Å². The van der Waals surface area contributed by atoms with E-state index in [1.54, 1.807) is 0 Å². The Hall–Kier alpha value is -1.06. The van der Waals surface area contributed by atoms with Gasteiger partial charge in [-0.05, 0) is 38.0 Å². The molecule has 0 radical (unpaired) electrons. The van der Waals surface area contributed by atoms with Gasteiger partial charge in [0.25, 0.3) is 0 Å². The largest absolute Gasteiger partial charge is 0.481 e. The maximum Gasteiger partial charge on any atom is 0.303 e. The number of rotatable bonds is 7. The third-order valence-electron chi connectivity index (χ3n) is 3.36. The third kappa shape index (κ3) is 5.07. The second-order valence-electron chi connectivity index (χ2n) is 6.49. The number of hydrogen-bond donors (Lipinski definition) is 1. The molecule has 0 bridgehead atoms. The van der Waals surface area contributed by atoms with Crippen LogP contribution in [-0.4, -0.2) is 34.5 Å². The van der Waals surface area contributed by atoms with Crippen molar-refractivity contribution in [1.82, 2.24) is 4.90 Å². The van der Waals surface area contributed by atoms with Crippen LogP contribution in [-0.2, 0) is 9.59 Å². The van der Waals surface area contributed by atoms with Gasteiger partial charge in [-0.2, -0.15) is 0 Å². The lowest BCUT2D eigenvalue weighted by atomic mass is 9.85. The maximum absolute atomic E-state index is 12.3. The van der Waals surface area contributed by atoms with E-state index in [1.807, 2.05) is 32.6 Å². The average Bonchev–Trinajstić information content (AvgIpc) is 2.93. The molecule has 1 saturated carbocycles. The number of aliphatic carboxylic acids is 1. The summed E-state index contributed by atoms with van der Waals surface area (Å²) < 4.78 is 0. The van der Waals surface area contributed by atoms with Crippen molar-refractivity contribution in [1.29, 1.82) is 0 Å². The van der Waals surface area contributed by atoms with E-state index in [0.29, 0.717) is 12.3 Å². The number of carboxylic acid groups (broad SMARTS) is 1. The Labute approximate surface area is 109 Å². The van der Waals surface area contributed by atoms with E-state index in [4.69, 9.17) is 5.11 Å². The molecule has 0 aromatic carbocycles. The van der Waals surface area contributed by atoms with Crippen LogP contribution >= 0.6 is 0 Å². The Bertz CT molecular complexity index is 319. The van der Waals surface area contributed by atoms with Crippen LogP contribution in [0.25, 0.3) is 0 Å². The topological polar surface area (TPSA) is 57.6 Å². The van der Waals surface area contributed by atoms with Crippen molar-refractivity contribution in [2.24, 2.45) is 11.3 Å². The molecule has 1 amide bonds. The highest BCUT2D eigenvalue weighted by molar-refractivity contribution is 5.78. The second-order valence-corrected chi connectivity index (χ2v) is 6.49. The van der Waals surface area contributed by atoms with E-state index >= 15 is 0 Å². The molecule has 1 N–H and O–H groups in total. The Morgan fingerprint density at radius 3 is 2.22 bits per heavy atom. The second kappa shape index (κ2) is 5.72. The van der Waals surface area contributed by atoms with E-state index < -0.39 is 11.4 Å². The smallest absolute Gasteiger partial charge is 0.303 e. The molecule has 1 fully saturated rings. The standard InChI is InChI=1S/C14H25NO3/c1-10(2)15(9-11-5-6-11)12(16)7-14(3,4)8-13(17)18/h10-11H,5-9H2,1-4H3,(H,17,18). The normalized spacial score (nSPS) is 15.8. The Morgan fingerprint density at radius 2 is 1.83 bits per heavy atom. The predicted molar refractivity (Wildman–Crippen MR) is 70.2 cm³/mol. The first-order chi connectivity index (χ1) is 8.21. The molecule has 0 aliphatic heterocycles. The van der Waals surface area contributed by atoms with E-state index in [9.17, 15) is 9.59 Å². The molecule has 18 heavy (non-hydrogen) atoms. The fourth-order valence-corrected chi connectivity index (χ4v) is 2.16. The molecule has 0 aromatic heterocycles. The summed E-state index contributed by atoms with van der Waals surface area (Å²) in [5, 5.41) is 8.84. The van der Waals surface area contributed by atoms with Crippen LogP contribution < -0.4 is 0 Å². The van der Waals surface area contributed by atoms with Crippen LogP contribution in [0.4, 0.5) is 0 Å². The predicted octanol–water partition coefficient (Wildman–Crippen LogP) is 2.52. The Kier molecular flexibility index (Phi) is 4.77. The Morgan fingerprint density at radius 1 is 1.28 bits per heavy atom. The lowest BCUT2D eigenvalue weighted by Gasteiger charge is -2.31. The molecule has 1 aliphatic rings. The summed E-state index contributed by atoms with van der Waals surface area (Å²) in [4.78, 5) is 24.9. The molecule has 1 rings (SSSR count). The number of nitrogens with zero attached hydrogens (tertiary/aromatic N) is 1. The van der Waals surface area contributed by atoms with Crippen LogP contribution in [0.5, 0.6) is 0 Å². The quantitative estimate of drug-likeness (QED) is 0.760. The highest BCUT2D eigenvalue weighted by Crippen LogP contribution is 2.32. The average molecular weight is 255 g/mol. The highest BCUT2D eigenvalue weighted by atomic mass is 16.4. The molecular weight excluding hydrogens is 230 g/mol. The van der Waals surface area contributed by atoms with Crippen molar-refractivity contribution >= 4 is 11.9 Å². The number of carbonyl (C=O) groups excluding carboxylic acids is 1. The van der Waals surface area contributed by atoms with Crippen LogP contribution in [0, 0.1) is 11.3 Å². The van der Waals surface area contributed by atoms with Crippen molar-refractivity contribution in [3.63, 3.8) is 0 Å². The zero-order valence-corrected chi connectivity index (χ0v) is 11.9. The van der Waals surface area contributed by atoms with Crippen molar-refractivity contribution in [2.45, 2.75) is 59.4 Å². The first-order valence-corrected chi connectivity index (χ1v) is 6.72. The molecule has 104 valence electrons. The van der Waals surface area contributed by atoms with Crippen LogP contribution in [0.3, 0.4) is 0 Å². The fourth-order valence-electron chi connectivity index (χ4n) is 2.16. The first-order valence-electron chi connectivity index (χ1n) is 6.72. The monoisotopic (exact) mass is 255 g/mol.